The molecule has 2 atom stereocenters. The summed E-state index contributed by atoms with van der Waals surface area (Å²) in [6.45, 7) is -0.335. The molecular formula is C25H18F5NO4. The normalized spacial score (nSPS) is 14.2. The highest BCUT2D eigenvalue weighted by Crippen LogP contribution is 2.44. The Labute approximate surface area is 195 Å². The van der Waals surface area contributed by atoms with Gasteiger partial charge in [-0.1, -0.05) is 48.5 Å². The van der Waals surface area contributed by atoms with Crippen LogP contribution in [0.15, 0.2) is 48.5 Å². The third-order valence-electron chi connectivity index (χ3n) is 6.00. The highest BCUT2D eigenvalue weighted by molar-refractivity contribution is 5.82. The second kappa shape index (κ2) is 9.46. The van der Waals surface area contributed by atoms with Crippen molar-refractivity contribution in [1.29, 1.82) is 0 Å². The molecule has 0 saturated carbocycles. The molecular weight excluding hydrogens is 473 g/mol. The Hall–Kier alpha value is -3.79. The number of hydrogen-bond donors (Lipinski definition) is 2. The number of carbonyl (C=O) groups excluding carboxylic acids is 1. The third-order valence-corrected chi connectivity index (χ3v) is 6.00. The smallest absolute Gasteiger partial charge is 0.315 e. The van der Waals surface area contributed by atoms with E-state index in [4.69, 9.17) is 15.6 Å². The molecule has 0 bridgehead atoms. The molecule has 0 radical (unpaired) electrons. The lowest BCUT2D eigenvalue weighted by Crippen LogP contribution is -2.38. The lowest BCUT2D eigenvalue weighted by molar-refractivity contribution is -0.147. The van der Waals surface area contributed by atoms with E-state index >= 15 is 0 Å². The SMILES string of the molecule is N[C@H](CC(=O)O)C(C(=O)OCC1c2ccccc2-c2ccccc21)c1c(F)c(F)c(F)c(F)c1F. The Balaban J connectivity index is 1.70. The standard InChI is InChI=1S/C25H18F5NO4/c26-20-19(21(27)23(29)24(30)22(20)28)18(16(31)9-17(32)33)25(34)35-10-15-13-7-3-1-5-11(13)12-6-2-4-8-14(12)15/h1-8,15-16,18H,9-10,31H2,(H,32,33)/t16-,18?/m1/s1. The highest BCUT2D eigenvalue weighted by Gasteiger charge is 2.40. The van der Waals surface area contributed by atoms with Crippen LogP contribution in [0.2, 0.25) is 0 Å². The predicted molar refractivity (Wildman–Crippen MR) is 114 cm³/mol. The van der Waals surface area contributed by atoms with Gasteiger partial charge in [-0.3, -0.25) is 9.59 Å². The first kappa shape index (κ1) is 24.3. The maximum atomic E-state index is 14.5. The summed E-state index contributed by atoms with van der Waals surface area (Å²) in [5, 5.41) is 9.05. The minimum atomic E-state index is -2.41. The van der Waals surface area contributed by atoms with Crippen LogP contribution in [0.3, 0.4) is 0 Å². The molecule has 1 aliphatic rings. The van der Waals surface area contributed by atoms with Gasteiger partial charge in [-0.15, -0.1) is 0 Å². The zero-order chi connectivity index (χ0) is 25.4. The van der Waals surface area contributed by atoms with Crippen molar-refractivity contribution in [1.82, 2.24) is 0 Å². The number of benzene rings is 3. The number of esters is 1. The fourth-order valence-corrected chi connectivity index (χ4v) is 4.42. The first-order valence-corrected chi connectivity index (χ1v) is 10.5. The van der Waals surface area contributed by atoms with Gasteiger partial charge in [-0.2, -0.15) is 0 Å². The van der Waals surface area contributed by atoms with Crippen molar-refractivity contribution in [2.24, 2.45) is 5.73 Å². The summed E-state index contributed by atoms with van der Waals surface area (Å²) in [6, 6.07) is 12.7. The number of ether oxygens (including phenoxy) is 1. The van der Waals surface area contributed by atoms with Gasteiger partial charge in [-0.25, -0.2) is 22.0 Å². The first-order chi connectivity index (χ1) is 16.6. The summed E-state index contributed by atoms with van der Waals surface area (Å²) >= 11 is 0. The Morgan fingerprint density at radius 1 is 0.829 bits per heavy atom. The van der Waals surface area contributed by atoms with Gasteiger partial charge < -0.3 is 15.6 Å². The molecule has 3 aromatic rings. The van der Waals surface area contributed by atoms with Gasteiger partial charge in [-0.05, 0) is 22.3 Å². The molecule has 4 rings (SSSR count). The molecule has 1 unspecified atom stereocenters. The van der Waals surface area contributed by atoms with E-state index in [1.54, 1.807) is 12.1 Å². The molecule has 10 heteroatoms. The van der Waals surface area contributed by atoms with E-state index in [2.05, 4.69) is 0 Å². The van der Waals surface area contributed by atoms with Crippen LogP contribution in [0.5, 0.6) is 0 Å². The first-order valence-electron chi connectivity index (χ1n) is 10.5. The van der Waals surface area contributed by atoms with Crippen LogP contribution in [0.4, 0.5) is 22.0 Å². The predicted octanol–water partition coefficient (Wildman–Crippen LogP) is 4.62. The average molecular weight is 491 g/mol. The summed E-state index contributed by atoms with van der Waals surface area (Å²) in [5.74, 6) is -17.2. The van der Waals surface area contributed by atoms with Gasteiger partial charge >= 0.3 is 11.9 Å². The maximum absolute atomic E-state index is 14.5. The number of aliphatic carboxylic acids is 1. The summed E-state index contributed by atoms with van der Waals surface area (Å²) < 4.78 is 75.6. The third kappa shape index (κ3) is 4.25. The topological polar surface area (TPSA) is 89.6 Å². The molecule has 0 amide bonds. The summed E-state index contributed by atoms with van der Waals surface area (Å²) in [5.41, 5.74) is 7.58. The van der Waals surface area contributed by atoms with Crippen LogP contribution < -0.4 is 5.73 Å². The molecule has 0 saturated heterocycles. The van der Waals surface area contributed by atoms with E-state index in [9.17, 15) is 31.5 Å². The summed E-state index contributed by atoms with van der Waals surface area (Å²) in [4.78, 5) is 24.1. The number of carboxylic acid groups (broad SMARTS) is 1. The van der Waals surface area contributed by atoms with Crippen LogP contribution in [0, 0.1) is 29.1 Å². The maximum Gasteiger partial charge on any atom is 0.315 e. The van der Waals surface area contributed by atoms with E-state index in [1.165, 1.54) is 0 Å². The van der Waals surface area contributed by atoms with E-state index in [-0.39, 0.29) is 6.61 Å². The molecule has 3 aromatic carbocycles. The molecule has 0 aliphatic heterocycles. The lowest BCUT2D eigenvalue weighted by atomic mass is 9.88. The number of carbonyl (C=O) groups is 2. The summed E-state index contributed by atoms with van der Waals surface area (Å²) in [7, 11) is 0. The van der Waals surface area contributed by atoms with Gasteiger partial charge in [0.05, 0.1) is 6.42 Å². The molecule has 182 valence electrons. The van der Waals surface area contributed by atoms with Crippen molar-refractivity contribution in [2.75, 3.05) is 6.61 Å². The van der Waals surface area contributed by atoms with Crippen molar-refractivity contribution >= 4 is 11.9 Å². The van der Waals surface area contributed by atoms with Gasteiger partial charge in [0, 0.05) is 17.5 Å². The van der Waals surface area contributed by atoms with Crippen molar-refractivity contribution in [3.8, 4) is 11.1 Å². The number of nitrogens with two attached hydrogens (primary N) is 1. The average Bonchev–Trinajstić information content (AvgIpc) is 3.16. The molecule has 5 nitrogen and oxygen atoms in total. The zero-order valence-corrected chi connectivity index (χ0v) is 17.9. The number of rotatable bonds is 7. The fourth-order valence-electron chi connectivity index (χ4n) is 4.42. The van der Waals surface area contributed by atoms with E-state index in [0.717, 1.165) is 22.3 Å². The quantitative estimate of drug-likeness (QED) is 0.218. The lowest BCUT2D eigenvalue weighted by Gasteiger charge is -2.24. The molecule has 3 N–H and O–H groups in total. The zero-order valence-electron chi connectivity index (χ0n) is 17.9. The van der Waals surface area contributed by atoms with Crippen molar-refractivity contribution in [2.45, 2.75) is 24.3 Å². The second-order valence-electron chi connectivity index (χ2n) is 8.08. The van der Waals surface area contributed by atoms with Crippen LogP contribution in [0.1, 0.15) is 34.9 Å². The number of hydrogen-bond acceptors (Lipinski definition) is 4. The minimum absolute atomic E-state index is 0.335. The van der Waals surface area contributed by atoms with Gasteiger partial charge in [0.1, 0.15) is 12.5 Å². The molecule has 0 heterocycles. The van der Waals surface area contributed by atoms with Crippen molar-refractivity contribution in [3.05, 3.63) is 94.3 Å². The van der Waals surface area contributed by atoms with Crippen LogP contribution in [-0.4, -0.2) is 29.7 Å². The molecule has 0 aromatic heterocycles. The molecule has 0 spiro atoms. The second-order valence-corrected chi connectivity index (χ2v) is 8.08. The van der Waals surface area contributed by atoms with Crippen LogP contribution in [0.25, 0.3) is 11.1 Å². The highest BCUT2D eigenvalue weighted by atomic mass is 19.2. The fraction of sp³-hybridized carbons (Fsp3) is 0.200. The largest absolute Gasteiger partial charge is 0.481 e. The van der Waals surface area contributed by atoms with Crippen LogP contribution >= 0.6 is 0 Å². The molecule has 35 heavy (non-hydrogen) atoms. The number of carboxylic acids is 1. The monoisotopic (exact) mass is 491 g/mol. The Morgan fingerprint density at radius 2 is 1.29 bits per heavy atom. The Kier molecular flexibility index (Phi) is 6.58. The molecule has 1 aliphatic carbocycles. The Morgan fingerprint density at radius 3 is 1.77 bits per heavy atom. The van der Waals surface area contributed by atoms with Gasteiger partial charge in [0.15, 0.2) is 23.3 Å². The Bertz CT molecular complexity index is 1250. The van der Waals surface area contributed by atoms with Gasteiger partial charge in [0.2, 0.25) is 5.82 Å². The number of fused-ring (bicyclic) bond motifs is 3. The van der Waals surface area contributed by atoms with Gasteiger partial charge in [0.25, 0.3) is 0 Å². The summed E-state index contributed by atoms with van der Waals surface area (Å²) in [6.07, 6.45) is -0.992. The van der Waals surface area contributed by atoms with Crippen molar-refractivity contribution in [3.63, 3.8) is 0 Å². The molecule has 0 fully saturated rings. The minimum Gasteiger partial charge on any atom is -0.481 e. The van der Waals surface area contributed by atoms with E-state index < -0.39 is 70.9 Å². The van der Waals surface area contributed by atoms with Crippen LogP contribution in [-0.2, 0) is 14.3 Å². The number of halogens is 5. The van der Waals surface area contributed by atoms with E-state index in [0.29, 0.717) is 0 Å². The van der Waals surface area contributed by atoms with E-state index in [1.807, 2.05) is 36.4 Å². The van der Waals surface area contributed by atoms with Crippen molar-refractivity contribution < 1.29 is 41.4 Å².